The molecule has 1 N–H and O–H groups in total. The highest BCUT2D eigenvalue weighted by Gasteiger charge is 2.30. The van der Waals surface area contributed by atoms with Gasteiger partial charge in [0, 0.05) is 55.3 Å². The number of fused-ring (bicyclic) bond motifs is 1. The molecule has 1 amide bonds. The summed E-state index contributed by atoms with van der Waals surface area (Å²) in [5, 5.41) is 14.5. The Morgan fingerprint density at radius 1 is 1.06 bits per heavy atom. The maximum absolute atomic E-state index is 15.2. The highest BCUT2D eigenvalue weighted by atomic mass is 35.5. The van der Waals surface area contributed by atoms with Crippen LogP contribution in [0.1, 0.15) is 77.3 Å². The second-order valence-corrected chi connectivity index (χ2v) is 14.2. The fraction of sp³-hybridized carbons (Fsp3) is 0.405. The zero-order chi connectivity index (χ0) is 35.6. The van der Waals surface area contributed by atoms with Crippen molar-refractivity contribution in [3.63, 3.8) is 0 Å². The summed E-state index contributed by atoms with van der Waals surface area (Å²) in [7, 11) is 0. The van der Waals surface area contributed by atoms with Crippen LogP contribution >= 0.6 is 11.6 Å². The first-order valence-corrected chi connectivity index (χ1v) is 16.9. The highest BCUT2D eigenvalue weighted by Crippen LogP contribution is 2.38. The van der Waals surface area contributed by atoms with Crippen molar-refractivity contribution in [2.75, 3.05) is 37.6 Å². The number of nitrogens with one attached hydrogen (secondary N) is 1. The number of benzene rings is 1. The van der Waals surface area contributed by atoms with Crippen molar-refractivity contribution in [3.8, 4) is 23.0 Å². The van der Waals surface area contributed by atoms with E-state index in [-0.39, 0.29) is 50.8 Å². The molecule has 1 aliphatic rings. The topological polar surface area (TPSA) is 120 Å². The second-order valence-electron chi connectivity index (χ2n) is 13.8. The highest BCUT2D eigenvalue weighted by molar-refractivity contribution is 6.34. The summed E-state index contributed by atoms with van der Waals surface area (Å²) in [6.07, 6.45) is 4.86. The summed E-state index contributed by atoms with van der Waals surface area (Å²) < 4.78 is 16.6. The summed E-state index contributed by atoms with van der Waals surface area (Å²) in [6, 6.07) is 9.99. The van der Waals surface area contributed by atoms with E-state index in [4.69, 9.17) is 16.6 Å². The number of nitrogens with zero attached hydrogens (tertiary/aromatic N) is 7. The van der Waals surface area contributed by atoms with Crippen LogP contribution in [0, 0.1) is 17.1 Å². The minimum atomic E-state index is -0.592. The number of pyridine rings is 2. The van der Waals surface area contributed by atoms with Crippen molar-refractivity contribution < 1.29 is 9.18 Å². The van der Waals surface area contributed by atoms with E-state index in [9.17, 15) is 14.9 Å². The molecule has 3 aromatic heterocycles. The van der Waals surface area contributed by atoms with Crippen molar-refractivity contribution in [2.24, 2.45) is 0 Å². The van der Waals surface area contributed by atoms with Gasteiger partial charge < -0.3 is 15.1 Å². The molecule has 12 heteroatoms. The molecular weight excluding hydrogens is 643 g/mol. The smallest absolute Gasteiger partial charge is 0.276 e. The normalized spacial score (nSPS) is 14.0. The van der Waals surface area contributed by atoms with Crippen molar-refractivity contribution in [2.45, 2.75) is 65.8 Å². The van der Waals surface area contributed by atoms with Gasteiger partial charge in [-0.05, 0) is 50.8 Å². The van der Waals surface area contributed by atoms with Gasteiger partial charge in [0.15, 0.2) is 0 Å². The van der Waals surface area contributed by atoms with Crippen LogP contribution in [0.5, 0.6) is 0 Å². The third-order valence-electron chi connectivity index (χ3n) is 8.43. The van der Waals surface area contributed by atoms with Gasteiger partial charge in [-0.15, -0.1) is 0 Å². The molecule has 1 aliphatic heterocycles. The predicted molar refractivity (Wildman–Crippen MR) is 192 cm³/mol. The zero-order valence-electron chi connectivity index (χ0n) is 29.0. The molecule has 5 rings (SSSR count). The average molecular weight is 685 g/mol. The van der Waals surface area contributed by atoms with Gasteiger partial charge in [-0.2, -0.15) is 5.26 Å². The lowest BCUT2D eigenvalue weighted by Crippen LogP contribution is -2.49. The largest absolute Gasteiger partial charge is 0.366 e. The Morgan fingerprint density at radius 2 is 1.69 bits per heavy atom. The van der Waals surface area contributed by atoms with Crippen LogP contribution in [0.3, 0.4) is 0 Å². The summed E-state index contributed by atoms with van der Waals surface area (Å²) in [5.41, 5.74) is 1.83. The summed E-state index contributed by atoms with van der Waals surface area (Å²) in [5.74, 6) is -0.839. The number of hydrogen-bond donors (Lipinski definition) is 1. The second kappa shape index (κ2) is 14.4. The number of nitriles is 1. The fourth-order valence-electron chi connectivity index (χ4n) is 6.01. The molecule has 0 spiro atoms. The van der Waals surface area contributed by atoms with E-state index in [1.165, 1.54) is 17.0 Å². The number of hydrogen-bond acceptors (Lipinski definition) is 8. The van der Waals surface area contributed by atoms with Gasteiger partial charge in [0.2, 0.25) is 5.91 Å². The van der Waals surface area contributed by atoms with E-state index >= 15 is 4.39 Å². The Kier molecular flexibility index (Phi) is 10.5. The average Bonchev–Trinajstić information content (AvgIpc) is 3.05. The summed E-state index contributed by atoms with van der Waals surface area (Å²) in [4.78, 5) is 45.3. The molecule has 10 nitrogen and oxygen atoms in total. The molecule has 256 valence electrons. The number of aromatic nitrogens is 4. The van der Waals surface area contributed by atoms with Gasteiger partial charge in [0.05, 0.1) is 33.5 Å². The summed E-state index contributed by atoms with van der Waals surface area (Å²) >= 11 is 6.86. The number of carbonyl (C=O) groups excluding carboxylic acids is 1. The van der Waals surface area contributed by atoms with Crippen molar-refractivity contribution >= 4 is 34.2 Å². The third-order valence-corrected chi connectivity index (χ3v) is 8.72. The SMILES string of the molecule is CC(C)c1ncnc(C(C)C)c1-n1c(=O)c(C#N)c(N2CCN(C(=O)/C=C/CNC(C)(C)C)CC2)c2cc(Cl)c(-c3ccccc3F)nc21. The number of piperazine rings is 1. The molecular formula is C37H42ClFN8O2. The van der Waals surface area contributed by atoms with Crippen LogP contribution in [0.15, 0.2) is 53.6 Å². The third kappa shape index (κ3) is 7.36. The first-order valence-electron chi connectivity index (χ1n) is 16.5. The number of amides is 1. The van der Waals surface area contributed by atoms with E-state index in [0.29, 0.717) is 60.9 Å². The van der Waals surface area contributed by atoms with Gasteiger partial charge in [0.1, 0.15) is 29.4 Å². The van der Waals surface area contributed by atoms with E-state index in [1.54, 1.807) is 35.2 Å². The monoisotopic (exact) mass is 684 g/mol. The van der Waals surface area contributed by atoms with Gasteiger partial charge >= 0.3 is 0 Å². The van der Waals surface area contributed by atoms with Crippen LogP contribution in [-0.4, -0.2) is 68.6 Å². The molecule has 1 aromatic carbocycles. The minimum absolute atomic E-state index is 0.0670. The molecule has 4 aromatic rings. The number of anilines is 1. The lowest BCUT2D eigenvalue weighted by Gasteiger charge is -2.36. The van der Waals surface area contributed by atoms with Gasteiger partial charge in [0.25, 0.3) is 5.56 Å². The first kappa shape index (κ1) is 35.6. The Bertz CT molecular complexity index is 1990. The number of rotatable bonds is 8. The standard InChI is InChI=1S/C37H42ClFN8O2/c1-22(2)30-34(31(23(3)4)42-21-41-30)47-35-25(19-27(38)32(44-35)24-11-8-9-12-28(24)39)33(26(20-40)36(47)49)46-17-15-45(16-18-46)29(48)13-10-14-43-37(5,6)7/h8-13,19,21-23,43H,14-18H2,1-7H3/b13-10+. The van der Waals surface area contributed by atoms with Crippen LogP contribution in [0.4, 0.5) is 10.1 Å². The van der Waals surface area contributed by atoms with E-state index in [1.807, 2.05) is 38.7 Å². The molecule has 0 saturated carbocycles. The van der Waals surface area contributed by atoms with Crippen LogP contribution in [-0.2, 0) is 4.79 Å². The van der Waals surface area contributed by atoms with Gasteiger partial charge in [-0.25, -0.2) is 19.3 Å². The lowest BCUT2D eigenvalue weighted by atomic mass is 10.00. The van der Waals surface area contributed by atoms with Gasteiger partial charge in [-0.1, -0.05) is 57.5 Å². The maximum atomic E-state index is 15.2. The molecule has 0 aliphatic carbocycles. The van der Waals surface area contributed by atoms with E-state index < -0.39 is 11.4 Å². The molecule has 4 heterocycles. The minimum Gasteiger partial charge on any atom is -0.366 e. The molecule has 1 fully saturated rings. The molecule has 0 unspecified atom stereocenters. The maximum Gasteiger partial charge on any atom is 0.276 e. The molecule has 0 atom stereocenters. The predicted octanol–water partition coefficient (Wildman–Crippen LogP) is 6.35. The number of carbonyl (C=O) groups is 1. The zero-order valence-corrected chi connectivity index (χ0v) is 29.8. The Balaban J connectivity index is 1.70. The quantitative estimate of drug-likeness (QED) is 0.213. The van der Waals surface area contributed by atoms with Crippen LogP contribution in [0.2, 0.25) is 5.02 Å². The molecule has 0 radical (unpaired) electrons. The Morgan fingerprint density at radius 3 is 2.27 bits per heavy atom. The lowest BCUT2D eigenvalue weighted by molar-refractivity contribution is -0.126. The van der Waals surface area contributed by atoms with E-state index in [0.717, 1.165) is 0 Å². The first-order chi connectivity index (χ1) is 23.2. The summed E-state index contributed by atoms with van der Waals surface area (Å²) in [6.45, 7) is 16.1. The van der Waals surface area contributed by atoms with Crippen molar-refractivity contribution in [1.82, 2.24) is 29.7 Å². The van der Waals surface area contributed by atoms with Crippen LogP contribution in [0.25, 0.3) is 28.0 Å². The van der Waals surface area contributed by atoms with Crippen molar-refractivity contribution in [3.05, 3.63) is 87.0 Å². The number of halogens is 2. The fourth-order valence-corrected chi connectivity index (χ4v) is 6.26. The Hall–Kier alpha value is -4.66. The Labute approximate surface area is 291 Å². The van der Waals surface area contributed by atoms with Gasteiger partial charge in [-0.3, -0.25) is 14.2 Å². The molecule has 49 heavy (non-hydrogen) atoms. The molecule has 0 bridgehead atoms. The van der Waals surface area contributed by atoms with Crippen LogP contribution < -0.4 is 15.8 Å². The molecule has 1 saturated heterocycles. The van der Waals surface area contributed by atoms with E-state index in [2.05, 4.69) is 42.1 Å². The van der Waals surface area contributed by atoms with Crippen molar-refractivity contribution in [1.29, 1.82) is 5.26 Å².